The summed E-state index contributed by atoms with van der Waals surface area (Å²) in [6.07, 6.45) is 10.2. The van der Waals surface area contributed by atoms with E-state index in [0.29, 0.717) is 5.82 Å². The van der Waals surface area contributed by atoms with Gasteiger partial charge in [0.15, 0.2) is 6.19 Å². The number of hydrogen-bond acceptors (Lipinski definition) is 5. The number of rotatable bonds is 4. The van der Waals surface area contributed by atoms with Crippen molar-refractivity contribution in [2.45, 2.75) is 32.1 Å². The molecule has 2 rings (SSSR count). The van der Waals surface area contributed by atoms with Crippen LogP contribution in [0.15, 0.2) is 12.4 Å². The number of nitrogens with zero attached hydrogens (tertiary/aromatic N) is 4. The highest BCUT2D eigenvalue weighted by Gasteiger charge is 2.13. The number of hydrogen-bond donors (Lipinski definition) is 1. The van der Waals surface area contributed by atoms with E-state index in [1.54, 1.807) is 7.05 Å². The molecule has 1 saturated carbocycles. The van der Waals surface area contributed by atoms with Gasteiger partial charge in [0, 0.05) is 19.7 Å². The fraction of sp³-hybridized carbons (Fsp3) is 0.615. The quantitative estimate of drug-likeness (QED) is 0.651. The SMILES string of the molecule is CN(C#N)c1cc(NCC2CCCCC2)ncn1. The van der Waals surface area contributed by atoms with Crippen molar-refractivity contribution in [3.05, 3.63) is 12.4 Å². The molecule has 0 bridgehead atoms. The first kappa shape index (κ1) is 12.6. The standard InChI is InChI=1S/C13H19N5/c1-18(9-14)13-7-12(16-10-17-13)15-8-11-5-3-2-4-6-11/h7,10-11H,2-6,8H2,1H3,(H,15,16,17). The highest BCUT2D eigenvalue weighted by Crippen LogP contribution is 2.24. The van der Waals surface area contributed by atoms with Gasteiger partial charge in [-0.25, -0.2) is 9.97 Å². The van der Waals surface area contributed by atoms with Crippen LogP contribution in [0.4, 0.5) is 11.6 Å². The van der Waals surface area contributed by atoms with E-state index in [9.17, 15) is 0 Å². The third kappa shape index (κ3) is 3.33. The highest BCUT2D eigenvalue weighted by atomic mass is 15.2. The van der Waals surface area contributed by atoms with Gasteiger partial charge >= 0.3 is 0 Å². The minimum Gasteiger partial charge on any atom is -0.370 e. The summed E-state index contributed by atoms with van der Waals surface area (Å²) in [6, 6.07) is 1.81. The van der Waals surface area contributed by atoms with Crippen LogP contribution in [-0.2, 0) is 0 Å². The molecule has 5 heteroatoms. The minimum atomic E-state index is 0.624. The van der Waals surface area contributed by atoms with Crippen LogP contribution in [0, 0.1) is 17.4 Å². The van der Waals surface area contributed by atoms with Crippen LogP contribution >= 0.6 is 0 Å². The Morgan fingerprint density at radius 3 is 2.89 bits per heavy atom. The summed E-state index contributed by atoms with van der Waals surface area (Å²) in [5, 5.41) is 12.2. The Morgan fingerprint density at radius 1 is 1.39 bits per heavy atom. The fourth-order valence-electron chi connectivity index (χ4n) is 2.32. The normalized spacial score (nSPS) is 16.0. The molecule has 1 N–H and O–H groups in total. The molecule has 0 amide bonds. The van der Waals surface area contributed by atoms with Crippen molar-refractivity contribution >= 4 is 11.6 Å². The van der Waals surface area contributed by atoms with Gasteiger partial charge in [0.2, 0.25) is 0 Å². The first-order valence-electron chi connectivity index (χ1n) is 6.49. The van der Waals surface area contributed by atoms with Gasteiger partial charge in [-0.15, -0.1) is 0 Å². The van der Waals surface area contributed by atoms with E-state index >= 15 is 0 Å². The average molecular weight is 245 g/mol. The highest BCUT2D eigenvalue weighted by molar-refractivity contribution is 5.50. The molecule has 0 aromatic carbocycles. The van der Waals surface area contributed by atoms with Crippen LogP contribution in [0.5, 0.6) is 0 Å². The van der Waals surface area contributed by atoms with Crippen molar-refractivity contribution in [1.29, 1.82) is 5.26 Å². The number of nitriles is 1. The summed E-state index contributed by atoms with van der Waals surface area (Å²) in [6.45, 7) is 0.965. The van der Waals surface area contributed by atoms with Crippen molar-refractivity contribution in [2.75, 3.05) is 23.8 Å². The molecule has 96 valence electrons. The van der Waals surface area contributed by atoms with Crippen molar-refractivity contribution in [3.63, 3.8) is 0 Å². The maximum Gasteiger partial charge on any atom is 0.185 e. The Labute approximate surface area is 108 Å². The van der Waals surface area contributed by atoms with Gasteiger partial charge in [-0.1, -0.05) is 19.3 Å². The second-order valence-corrected chi connectivity index (χ2v) is 4.81. The lowest BCUT2D eigenvalue weighted by atomic mass is 9.89. The fourth-order valence-corrected chi connectivity index (χ4v) is 2.32. The number of anilines is 2. The van der Waals surface area contributed by atoms with E-state index < -0.39 is 0 Å². The second kappa shape index (κ2) is 6.20. The predicted molar refractivity (Wildman–Crippen MR) is 71.1 cm³/mol. The summed E-state index contributed by atoms with van der Waals surface area (Å²) in [4.78, 5) is 9.66. The lowest BCUT2D eigenvalue weighted by Crippen LogP contribution is -2.18. The topological polar surface area (TPSA) is 64.8 Å². The van der Waals surface area contributed by atoms with Crippen LogP contribution < -0.4 is 10.2 Å². The second-order valence-electron chi connectivity index (χ2n) is 4.81. The molecular formula is C13H19N5. The van der Waals surface area contributed by atoms with Crippen molar-refractivity contribution in [1.82, 2.24) is 9.97 Å². The molecule has 0 aliphatic heterocycles. The molecule has 5 nitrogen and oxygen atoms in total. The van der Waals surface area contributed by atoms with Crippen LogP contribution in [0.2, 0.25) is 0 Å². The van der Waals surface area contributed by atoms with E-state index in [4.69, 9.17) is 5.26 Å². The smallest absolute Gasteiger partial charge is 0.185 e. The minimum absolute atomic E-state index is 0.624. The maximum atomic E-state index is 8.81. The zero-order valence-electron chi connectivity index (χ0n) is 10.8. The first-order chi connectivity index (χ1) is 8.79. The van der Waals surface area contributed by atoms with Gasteiger partial charge in [-0.05, 0) is 18.8 Å². The van der Waals surface area contributed by atoms with Gasteiger partial charge in [0.05, 0.1) is 0 Å². The summed E-state index contributed by atoms with van der Waals surface area (Å²) in [5.74, 6) is 2.18. The van der Waals surface area contributed by atoms with Gasteiger partial charge in [0.1, 0.15) is 18.0 Å². The Bertz CT molecular complexity index is 420. The molecule has 1 aliphatic rings. The zero-order chi connectivity index (χ0) is 12.8. The molecule has 0 atom stereocenters. The van der Waals surface area contributed by atoms with Gasteiger partial charge in [0.25, 0.3) is 0 Å². The monoisotopic (exact) mass is 245 g/mol. The van der Waals surface area contributed by atoms with Crippen molar-refractivity contribution in [2.24, 2.45) is 5.92 Å². The van der Waals surface area contributed by atoms with Crippen LogP contribution in [-0.4, -0.2) is 23.6 Å². The molecule has 1 aliphatic carbocycles. The van der Waals surface area contributed by atoms with E-state index in [-0.39, 0.29) is 0 Å². The van der Waals surface area contributed by atoms with Crippen LogP contribution in [0.1, 0.15) is 32.1 Å². The predicted octanol–water partition coefficient (Wildman–Crippen LogP) is 2.39. The molecule has 1 aromatic heterocycles. The zero-order valence-corrected chi connectivity index (χ0v) is 10.8. The van der Waals surface area contributed by atoms with Gasteiger partial charge in [-0.3, -0.25) is 4.90 Å². The van der Waals surface area contributed by atoms with Gasteiger partial charge < -0.3 is 5.32 Å². The van der Waals surface area contributed by atoms with Crippen molar-refractivity contribution < 1.29 is 0 Å². The number of aromatic nitrogens is 2. The molecule has 1 fully saturated rings. The molecule has 1 heterocycles. The first-order valence-corrected chi connectivity index (χ1v) is 6.49. The van der Waals surface area contributed by atoms with Gasteiger partial charge in [-0.2, -0.15) is 5.26 Å². The molecule has 0 unspecified atom stereocenters. The van der Waals surface area contributed by atoms with E-state index in [2.05, 4.69) is 15.3 Å². The van der Waals surface area contributed by atoms with Crippen LogP contribution in [0.25, 0.3) is 0 Å². The molecule has 0 spiro atoms. The average Bonchev–Trinajstić information content (AvgIpc) is 2.45. The third-order valence-corrected chi connectivity index (χ3v) is 3.44. The largest absolute Gasteiger partial charge is 0.370 e. The number of nitrogens with one attached hydrogen (secondary N) is 1. The van der Waals surface area contributed by atoms with Crippen LogP contribution in [0.3, 0.4) is 0 Å². The molecule has 1 aromatic rings. The Hall–Kier alpha value is -1.83. The molecular weight excluding hydrogens is 226 g/mol. The molecule has 0 radical (unpaired) electrons. The summed E-state index contributed by atoms with van der Waals surface area (Å²) >= 11 is 0. The molecule has 18 heavy (non-hydrogen) atoms. The van der Waals surface area contributed by atoms with E-state index in [0.717, 1.165) is 18.3 Å². The molecule has 0 saturated heterocycles. The third-order valence-electron chi connectivity index (χ3n) is 3.44. The Kier molecular flexibility index (Phi) is 4.35. The lowest BCUT2D eigenvalue weighted by Gasteiger charge is -2.22. The Morgan fingerprint density at radius 2 is 2.17 bits per heavy atom. The summed E-state index contributed by atoms with van der Waals surface area (Å²) < 4.78 is 0. The van der Waals surface area contributed by atoms with Crippen molar-refractivity contribution in [3.8, 4) is 6.19 Å². The maximum absolute atomic E-state index is 8.81. The summed E-state index contributed by atoms with van der Waals surface area (Å²) in [7, 11) is 1.69. The lowest BCUT2D eigenvalue weighted by molar-refractivity contribution is 0.373. The Balaban J connectivity index is 1.91. The summed E-state index contributed by atoms with van der Waals surface area (Å²) in [5.41, 5.74) is 0. The van der Waals surface area contributed by atoms with E-state index in [1.165, 1.54) is 43.3 Å². The van der Waals surface area contributed by atoms with E-state index in [1.807, 2.05) is 12.3 Å².